The lowest BCUT2D eigenvalue weighted by Gasteiger charge is -2.41. The Labute approximate surface area is 162 Å². The van der Waals surface area contributed by atoms with E-state index in [0.29, 0.717) is 6.42 Å². The first-order chi connectivity index (χ1) is 12.6. The maximum absolute atomic E-state index is 11.8. The molecule has 2 heterocycles. The summed E-state index contributed by atoms with van der Waals surface area (Å²) < 4.78 is 51.8. The molecule has 2 fully saturated rings. The van der Waals surface area contributed by atoms with E-state index in [0.717, 1.165) is 31.5 Å². The number of allylic oxidation sites excluding steroid dienone is 1. The predicted molar refractivity (Wildman–Crippen MR) is 96.6 cm³/mol. The molecule has 0 bridgehead atoms. The summed E-state index contributed by atoms with van der Waals surface area (Å²) in [7, 11) is -16.1. The molecule has 0 spiro atoms. The number of hydrogen-bond acceptors (Lipinski definition) is 8. The molecule has 0 radical (unpaired) electrons. The van der Waals surface area contributed by atoms with E-state index in [-0.39, 0.29) is 11.6 Å². The molecule has 4 atom stereocenters. The van der Waals surface area contributed by atoms with Crippen LogP contribution in [0.2, 0.25) is 0 Å². The summed E-state index contributed by atoms with van der Waals surface area (Å²) in [6.07, 6.45) is 2.47. The van der Waals surface area contributed by atoms with Crippen molar-refractivity contribution >= 4 is 23.5 Å². The Morgan fingerprint density at radius 2 is 1.79 bits per heavy atom. The molecule has 12 nitrogen and oxygen atoms in total. The number of piperidine rings is 1. The van der Waals surface area contributed by atoms with Crippen LogP contribution >= 0.6 is 23.5 Å². The second-order valence-electron chi connectivity index (χ2n) is 7.41. The van der Waals surface area contributed by atoms with E-state index in [1.165, 1.54) is 0 Å². The molecule has 0 aromatic heterocycles. The Kier molecular flexibility index (Phi) is 7.40. The van der Waals surface area contributed by atoms with Gasteiger partial charge in [0.05, 0.1) is 12.7 Å². The zero-order valence-corrected chi connectivity index (χ0v) is 18.2. The molecule has 4 N–H and O–H groups in total. The highest BCUT2D eigenvalue weighted by molar-refractivity contribution is 7.66. The van der Waals surface area contributed by atoms with E-state index in [1.54, 1.807) is 0 Å². The number of ether oxygens (including phenoxy) is 1. The quantitative estimate of drug-likeness (QED) is 0.386. The van der Waals surface area contributed by atoms with Crippen LogP contribution < -0.4 is 0 Å². The van der Waals surface area contributed by atoms with Gasteiger partial charge in [-0.3, -0.25) is 4.52 Å². The van der Waals surface area contributed by atoms with Crippen molar-refractivity contribution in [3.63, 3.8) is 0 Å². The first-order valence-corrected chi connectivity index (χ1v) is 13.0. The molecule has 2 aliphatic rings. The minimum Gasteiger partial charge on any atom is -0.352 e. The normalized spacial score (nSPS) is 30.1. The molecule has 2 rings (SSSR count). The molecule has 4 unspecified atom stereocenters. The van der Waals surface area contributed by atoms with Crippen molar-refractivity contribution in [2.75, 3.05) is 13.2 Å². The van der Waals surface area contributed by atoms with Gasteiger partial charge in [0.1, 0.15) is 6.23 Å². The average molecular weight is 465 g/mol. The predicted octanol–water partition coefficient (Wildman–Crippen LogP) is 2.47. The fourth-order valence-electron chi connectivity index (χ4n) is 3.37. The van der Waals surface area contributed by atoms with Crippen molar-refractivity contribution < 1.29 is 51.2 Å². The van der Waals surface area contributed by atoms with E-state index in [1.807, 2.05) is 13.8 Å². The van der Waals surface area contributed by atoms with Crippen molar-refractivity contribution in [3.05, 3.63) is 12.3 Å². The fourth-order valence-corrected chi connectivity index (χ4v) is 6.42. The van der Waals surface area contributed by atoms with Gasteiger partial charge in [0.25, 0.3) is 0 Å². The monoisotopic (exact) mass is 465 g/mol. The van der Waals surface area contributed by atoms with Crippen LogP contribution in [0.1, 0.15) is 39.5 Å². The van der Waals surface area contributed by atoms with Crippen LogP contribution in [-0.2, 0) is 31.6 Å². The molecule has 15 heteroatoms. The van der Waals surface area contributed by atoms with Gasteiger partial charge in [-0.05, 0) is 25.7 Å². The van der Waals surface area contributed by atoms with Gasteiger partial charge in [-0.25, -0.2) is 13.7 Å². The van der Waals surface area contributed by atoms with Crippen LogP contribution in [0.15, 0.2) is 12.3 Å². The number of nitrogens with zero attached hydrogens (tertiary/aromatic N) is 1. The van der Waals surface area contributed by atoms with Crippen LogP contribution in [0.25, 0.3) is 0 Å². The van der Waals surface area contributed by atoms with Crippen molar-refractivity contribution in [1.29, 1.82) is 0 Å². The molecule has 0 amide bonds. The van der Waals surface area contributed by atoms with E-state index in [4.69, 9.17) is 19.4 Å². The number of phosphoric ester groups is 1. The molecule has 0 aliphatic carbocycles. The zero-order valence-electron chi connectivity index (χ0n) is 15.5. The van der Waals surface area contributed by atoms with E-state index in [9.17, 15) is 18.6 Å². The lowest BCUT2D eigenvalue weighted by Crippen LogP contribution is -2.44. The molecular formula is C13H26NO11P3. The SMILES string of the molecule is C=C1CCCCN1C1OC(COP(=O)(O)OP(=O)(O)OP(=O)(O)O)CC1(C)C. The summed E-state index contributed by atoms with van der Waals surface area (Å²) in [4.78, 5) is 37.8. The number of phosphoric acid groups is 3. The zero-order chi connectivity index (χ0) is 21.4. The highest BCUT2D eigenvalue weighted by Crippen LogP contribution is 2.66. The summed E-state index contributed by atoms with van der Waals surface area (Å²) in [5, 5.41) is 0. The minimum absolute atomic E-state index is 0.310. The second-order valence-corrected chi connectivity index (χ2v) is 11.8. The van der Waals surface area contributed by atoms with E-state index >= 15 is 0 Å². The lowest BCUT2D eigenvalue weighted by atomic mass is 9.86. The summed E-state index contributed by atoms with van der Waals surface area (Å²) in [5.41, 5.74) is 0.641. The van der Waals surface area contributed by atoms with Crippen LogP contribution in [0, 0.1) is 5.41 Å². The third-order valence-corrected chi connectivity index (χ3v) is 8.19. The van der Waals surface area contributed by atoms with Gasteiger partial charge in [-0.1, -0.05) is 20.4 Å². The maximum atomic E-state index is 11.8. The lowest BCUT2D eigenvalue weighted by molar-refractivity contribution is -0.0862. The number of hydrogen-bond donors (Lipinski definition) is 4. The topological polar surface area (TPSA) is 172 Å². The Bertz CT molecular complexity index is 735. The average Bonchev–Trinajstić information content (AvgIpc) is 2.77. The minimum atomic E-state index is -5.53. The van der Waals surface area contributed by atoms with Gasteiger partial charge in [0.15, 0.2) is 0 Å². The highest BCUT2D eigenvalue weighted by atomic mass is 31.3. The van der Waals surface area contributed by atoms with Crippen LogP contribution in [0.5, 0.6) is 0 Å². The molecule has 0 aromatic carbocycles. The van der Waals surface area contributed by atoms with Crippen molar-refractivity contribution in [1.82, 2.24) is 4.90 Å². The fraction of sp³-hybridized carbons (Fsp3) is 0.846. The third kappa shape index (κ3) is 7.00. The van der Waals surface area contributed by atoms with Gasteiger partial charge in [-0.15, -0.1) is 0 Å². The molecule has 28 heavy (non-hydrogen) atoms. The van der Waals surface area contributed by atoms with E-state index < -0.39 is 36.2 Å². The maximum Gasteiger partial charge on any atom is 0.490 e. The smallest absolute Gasteiger partial charge is 0.352 e. The van der Waals surface area contributed by atoms with Crippen molar-refractivity contribution in [3.8, 4) is 0 Å². The van der Waals surface area contributed by atoms with Gasteiger partial charge in [0.2, 0.25) is 0 Å². The Morgan fingerprint density at radius 1 is 1.14 bits per heavy atom. The van der Waals surface area contributed by atoms with Crippen LogP contribution in [-0.4, -0.2) is 50.0 Å². The van der Waals surface area contributed by atoms with Crippen molar-refractivity contribution in [2.24, 2.45) is 5.41 Å². The third-order valence-electron chi connectivity index (χ3n) is 4.39. The van der Waals surface area contributed by atoms with Gasteiger partial charge >= 0.3 is 23.5 Å². The standard InChI is InChI=1S/C13H26NO11P3/c1-10-6-4-5-7-14(10)12-13(2,3)8-11(23-12)9-22-27(18,19)25-28(20,21)24-26(15,16)17/h11-12H,1,4-9H2,2-3H3,(H,18,19)(H,20,21)(H2,15,16,17). The number of rotatable bonds is 8. The Balaban J connectivity index is 1.95. The van der Waals surface area contributed by atoms with Crippen molar-refractivity contribution in [2.45, 2.75) is 51.9 Å². The highest BCUT2D eigenvalue weighted by Gasteiger charge is 2.47. The second kappa shape index (κ2) is 8.57. The van der Waals surface area contributed by atoms with Crippen LogP contribution in [0.3, 0.4) is 0 Å². The first kappa shape index (κ1) is 24.2. The Morgan fingerprint density at radius 3 is 2.36 bits per heavy atom. The molecule has 0 saturated carbocycles. The van der Waals surface area contributed by atoms with Gasteiger partial charge < -0.3 is 29.2 Å². The molecule has 0 aromatic rings. The Hall–Kier alpha value is -0.0900. The van der Waals surface area contributed by atoms with E-state index in [2.05, 4.69) is 24.6 Å². The van der Waals surface area contributed by atoms with Gasteiger partial charge in [-0.2, -0.15) is 8.62 Å². The first-order valence-electron chi connectivity index (χ1n) is 8.48. The molecular weight excluding hydrogens is 439 g/mol. The number of likely N-dealkylation sites (tertiary alicyclic amines) is 1. The summed E-state index contributed by atoms with van der Waals surface area (Å²) >= 11 is 0. The molecule has 2 aliphatic heterocycles. The largest absolute Gasteiger partial charge is 0.490 e. The summed E-state index contributed by atoms with van der Waals surface area (Å²) in [6.45, 7) is 8.36. The molecule has 164 valence electrons. The summed E-state index contributed by atoms with van der Waals surface area (Å²) in [5.74, 6) is 0. The van der Waals surface area contributed by atoms with Gasteiger partial charge in [0, 0.05) is 17.7 Å². The van der Waals surface area contributed by atoms with Crippen LogP contribution in [0.4, 0.5) is 0 Å². The molecule has 2 saturated heterocycles. The summed E-state index contributed by atoms with van der Waals surface area (Å²) in [6, 6.07) is 0.